The van der Waals surface area contributed by atoms with Gasteiger partial charge >= 0.3 is 0 Å². The molecule has 0 spiro atoms. The maximum Gasteiger partial charge on any atom is 0.185 e. The number of anilines is 2. The van der Waals surface area contributed by atoms with Crippen LogP contribution in [0.25, 0.3) is 0 Å². The molecule has 3 rings (SSSR count). The Morgan fingerprint density at radius 3 is 2.53 bits per heavy atom. The maximum atomic E-state index is 5.82. The number of aromatic nitrogens is 1. The highest BCUT2D eigenvalue weighted by molar-refractivity contribution is 7.13. The molecule has 0 saturated carbocycles. The summed E-state index contributed by atoms with van der Waals surface area (Å²) < 4.78 is 0. The third kappa shape index (κ3) is 2.57. The number of rotatable bonds is 3. The Bertz CT molecular complexity index is 518. The second kappa shape index (κ2) is 5.59. The van der Waals surface area contributed by atoms with E-state index in [9.17, 15) is 0 Å². The van der Waals surface area contributed by atoms with Gasteiger partial charge in [0.25, 0.3) is 0 Å². The van der Waals surface area contributed by atoms with Crippen LogP contribution in [-0.2, 0) is 6.54 Å². The van der Waals surface area contributed by atoms with Crippen LogP contribution in [0.3, 0.4) is 0 Å². The van der Waals surface area contributed by atoms with Crippen LogP contribution < -0.4 is 15.5 Å². The summed E-state index contributed by atoms with van der Waals surface area (Å²) in [6, 6.07) is 8.42. The molecule has 0 radical (unpaired) electrons. The highest BCUT2D eigenvalue weighted by atomic mass is 32.1. The molecular formula is C14H18N4S. The zero-order valence-electron chi connectivity index (χ0n) is 10.8. The van der Waals surface area contributed by atoms with E-state index in [1.807, 2.05) is 11.6 Å². The number of nitrogens with zero attached hydrogens (tertiary/aromatic N) is 3. The molecule has 2 aromatic rings. The lowest BCUT2D eigenvalue weighted by Gasteiger charge is -2.36. The average Bonchev–Trinajstić information content (AvgIpc) is 3.02. The minimum atomic E-state index is 0.600. The summed E-state index contributed by atoms with van der Waals surface area (Å²) in [5, 5.41) is 3.16. The van der Waals surface area contributed by atoms with Crippen LogP contribution in [0.1, 0.15) is 5.56 Å². The van der Waals surface area contributed by atoms with Gasteiger partial charge in [0.2, 0.25) is 0 Å². The van der Waals surface area contributed by atoms with Gasteiger partial charge in [-0.15, -0.1) is 11.3 Å². The number of piperazine rings is 1. The fourth-order valence-electron chi connectivity index (χ4n) is 2.50. The third-order valence-electron chi connectivity index (χ3n) is 3.52. The Kier molecular flexibility index (Phi) is 3.66. The largest absolute Gasteiger partial charge is 0.368 e. The number of hydrogen-bond donors (Lipinski definition) is 1. The van der Waals surface area contributed by atoms with Crippen molar-refractivity contribution in [2.45, 2.75) is 6.54 Å². The van der Waals surface area contributed by atoms with Crippen molar-refractivity contribution in [2.24, 2.45) is 5.73 Å². The zero-order chi connectivity index (χ0) is 13.1. The normalized spacial score (nSPS) is 15.8. The predicted octanol–water partition coefficient (Wildman–Crippen LogP) is 1.93. The Labute approximate surface area is 117 Å². The molecule has 0 bridgehead atoms. The number of nitrogens with two attached hydrogens (primary N) is 1. The zero-order valence-corrected chi connectivity index (χ0v) is 11.6. The van der Waals surface area contributed by atoms with Gasteiger partial charge in [-0.1, -0.05) is 18.2 Å². The monoisotopic (exact) mass is 274 g/mol. The van der Waals surface area contributed by atoms with Crippen molar-refractivity contribution in [3.05, 3.63) is 41.4 Å². The molecule has 1 saturated heterocycles. The Balaban J connectivity index is 1.70. The van der Waals surface area contributed by atoms with Gasteiger partial charge in [0.1, 0.15) is 0 Å². The van der Waals surface area contributed by atoms with E-state index in [1.165, 1.54) is 11.3 Å². The van der Waals surface area contributed by atoms with Crippen LogP contribution in [0.15, 0.2) is 35.8 Å². The van der Waals surface area contributed by atoms with Crippen molar-refractivity contribution in [2.75, 3.05) is 36.0 Å². The molecular weight excluding hydrogens is 256 g/mol. The maximum absolute atomic E-state index is 5.82. The quantitative estimate of drug-likeness (QED) is 0.929. The smallest absolute Gasteiger partial charge is 0.185 e. The van der Waals surface area contributed by atoms with Gasteiger partial charge in [0.05, 0.1) is 0 Å². The van der Waals surface area contributed by atoms with Crippen molar-refractivity contribution in [3.8, 4) is 0 Å². The van der Waals surface area contributed by atoms with Crippen LogP contribution in [0.4, 0.5) is 10.8 Å². The van der Waals surface area contributed by atoms with Crippen molar-refractivity contribution in [1.82, 2.24) is 4.98 Å². The minimum absolute atomic E-state index is 0.600. The molecule has 1 fully saturated rings. The lowest BCUT2D eigenvalue weighted by molar-refractivity contribution is 0.650. The molecule has 1 aromatic carbocycles. The van der Waals surface area contributed by atoms with Crippen LogP contribution in [0.5, 0.6) is 0 Å². The molecule has 1 aromatic heterocycles. The second-order valence-corrected chi connectivity index (χ2v) is 5.49. The van der Waals surface area contributed by atoms with E-state index >= 15 is 0 Å². The summed E-state index contributed by atoms with van der Waals surface area (Å²) in [4.78, 5) is 9.15. The molecule has 4 nitrogen and oxygen atoms in total. The number of thiazole rings is 1. The average molecular weight is 274 g/mol. The molecule has 1 aliphatic heterocycles. The number of para-hydroxylation sites is 1. The fourth-order valence-corrected chi connectivity index (χ4v) is 3.20. The van der Waals surface area contributed by atoms with E-state index in [0.29, 0.717) is 6.54 Å². The molecule has 1 aliphatic rings. The second-order valence-electron chi connectivity index (χ2n) is 4.62. The van der Waals surface area contributed by atoms with E-state index in [4.69, 9.17) is 5.73 Å². The Morgan fingerprint density at radius 1 is 1.11 bits per heavy atom. The molecule has 0 unspecified atom stereocenters. The van der Waals surface area contributed by atoms with Gasteiger partial charge < -0.3 is 15.5 Å². The van der Waals surface area contributed by atoms with Crippen molar-refractivity contribution >= 4 is 22.2 Å². The van der Waals surface area contributed by atoms with Gasteiger partial charge in [-0.25, -0.2) is 4.98 Å². The summed E-state index contributed by atoms with van der Waals surface area (Å²) in [5.41, 5.74) is 8.32. The van der Waals surface area contributed by atoms with E-state index < -0.39 is 0 Å². The molecule has 0 aliphatic carbocycles. The van der Waals surface area contributed by atoms with Gasteiger partial charge in [-0.2, -0.15) is 0 Å². The molecule has 5 heteroatoms. The molecule has 2 heterocycles. The minimum Gasteiger partial charge on any atom is -0.368 e. The van der Waals surface area contributed by atoms with Crippen molar-refractivity contribution in [3.63, 3.8) is 0 Å². The Morgan fingerprint density at radius 2 is 1.84 bits per heavy atom. The van der Waals surface area contributed by atoms with E-state index in [2.05, 4.69) is 39.0 Å². The van der Waals surface area contributed by atoms with Gasteiger partial charge in [0.15, 0.2) is 5.13 Å². The highest BCUT2D eigenvalue weighted by Crippen LogP contribution is 2.24. The summed E-state index contributed by atoms with van der Waals surface area (Å²) in [5.74, 6) is 0. The van der Waals surface area contributed by atoms with E-state index in [0.717, 1.165) is 31.3 Å². The van der Waals surface area contributed by atoms with E-state index in [-0.39, 0.29) is 0 Å². The SMILES string of the molecule is NCc1ccccc1N1CCN(c2nccs2)CC1. The first-order valence-electron chi connectivity index (χ1n) is 6.56. The number of hydrogen-bond acceptors (Lipinski definition) is 5. The molecule has 100 valence electrons. The molecule has 2 N–H and O–H groups in total. The van der Waals surface area contributed by atoms with Crippen molar-refractivity contribution in [1.29, 1.82) is 0 Å². The molecule has 0 amide bonds. The first-order chi connectivity index (χ1) is 9.38. The van der Waals surface area contributed by atoms with Gasteiger partial charge in [-0.3, -0.25) is 0 Å². The summed E-state index contributed by atoms with van der Waals surface area (Å²) in [6.07, 6.45) is 1.87. The first kappa shape index (κ1) is 12.4. The van der Waals surface area contributed by atoms with Crippen molar-refractivity contribution < 1.29 is 0 Å². The Hall–Kier alpha value is -1.59. The van der Waals surface area contributed by atoms with Crippen LogP contribution >= 0.6 is 11.3 Å². The standard InChI is InChI=1S/C14H18N4S/c15-11-12-3-1-2-4-13(12)17-6-8-18(9-7-17)14-16-5-10-19-14/h1-5,10H,6-9,11,15H2. The van der Waals surface area contributed by atoms with E-state index in [1.54, 1.807) is 11.3 Å². The predicted molar refractivity (Wildman–Crippen MR) is 80.9 cm³/mol. The summed E-state index contributed by atoms with van der Waals surface area (Å²) >= 11 is 1.71. The molecule has 0 atom stereocenters. The third-order valence-corrected chi connectivity index (χ3v) is 4.35. The first-order valence-corrected chi connectivity index (χ1v) is 7.44. The van der Waals surface area contributed by atoms with Gasteiger partial charge in [-0.05, 0) is 11.6 Å². The van der Waals surface area contributed by atoms with Crippen LogP contribution in [-0.4, -0.2) is 31.2 Å². The van der Waals surface area contributed by atoms with Crippen LogP contribution in [0.2, 0.25) is 0 Å². The lowest BCUT2D eigenvalue weighted by Crippen LogP contribution is -2.46. The summed E-state index contributed by atoms with van der Waals surface area (Å²) in [7, 11) is 0. The lowest BCUT2D eigenvalue weighted by atomic mass is 10.1. The topological polar surface area (TPSA) is 45.4 Å². The van der Waals surface area contributed by atoms with Crippen LogP contribution in [0, 0.1) is 0 Å². The van der Waals surface area contributed by atoms with Gasteiger partial charge in [0, 0.05) is 50.0 Å². The molecule has 19 heavy (non-hydrogen) atoms. The fraction of sp³-hybridized carbons (Fsp3) is 0.357. The summed E-state index contributed by atoms with van der Waals surface area (Å²) in [6.45, 7) is 4.69. The number of benzene rings is 1. The highest BCUT2D eigenvalue weighted by Gasteiger charge is 2.19.